The van der Waals surface area contributed by atoms with Crippen LogP contribution in [0.4, 0.5) is 17.1 Å². The fraction of sp³-hybridized carbons (Fsp3) is 0.211. The second kappa shape index (κ2) is 10.0. The van der Waals surface area contributed by atoms with Gasteiger partial charge in [0.05, 0.1) is 18.5 Å². The van der Waals surface area contributed by atoms with E-state index in [1.54, 1.807) is 7.11 Å². The SMILES string of the molecule is CC1(C)c2ccccc2Cc2ccccc21.COc1ccc(N2c3ccccc3C(C)(C)c3ccccc32)cc1. The molecule has 0 saturated carbocycles. The van der Waals surface area contributed by atoms with Crippen LogP contribution in [0.1, 0.15) is 61.1 Å². The third kappa shape index (κ3) is 4.29. The molecule has 40 heavy (non-hydrogen) atoms. The lowest BCUT2D eigenvalue weighted by atomic mass is 9.69. The van der Waals surface area contributed by atoms with Crippen molar-refractivity contribution in [3.8, 4) is 5.75 Å². The lowest BCUT2D eigenvalue weighted by Gasteiger charge is -2.42. The molecule has 0 saturated heterocycles. The Kier molecular flexibility index (Phi) is 6.50. The monoisotopic (exact) mass is 523 g/mol. The van der Waals surface area contributed by atoms with E-state index in [-0.39, 0.29) is 10.8 Å². The van der Waals surface area contributed by atoms with Crippen LogP contribution in [0.3, 0.4) is 0 Å². The number of hydrogen-bond acceptors (Lipinski definition) is 2. The summed E-state index contributed by atoms with van der Waals surface area (Å²) >= 11 is 0. The second-order valence-corrected chi connectivity index (χ2v) is 11.8. The highest BCUT2D eigenvalue weighted by Gasteiger charge is 2.36. The first-order valence-corrected chi connectivity index (χ1v) is 14.1. The zero-order chi connectivity index (χ0) is 27.9. The number of ether oxygens (including phenoxy) is 1. The average Bonchev–Trinajstić information content (AvgIpc) is 2.98. The lowest BCUT2D eigenvalue weighted by Crippen LogP contribution is -2.30. The van der Waals surface area contributed by atoms with E-state index in [4.69, 9.17) is 4.74 Å². The van der Waals surface area contributed by atoms with Crippen LogP contribution < -0.4 is 9.64 Å². The van der Waals surface area contributed by atoms with E-state index in [1.165, 1.54) is 44.8 Å². The molecule has 5 aromatic carbocycles. The zero-order valence-electron chi connectivity index (χ0n) is 24.1. The molecular weight excluding hydrogens is 486 g/mol. The number of fused-ring (bicyclic) bond motifs is 4. The zero-order valence-corrected chi connectivity index (χ0v) is 24.1. The van der Waals surface area contributed by atoms with E-state index in [2.05, 4.69) is 142 Å². The van der Waals surface area contributed by atoms with Gasteiger partial charge < -0.3 is 9.64 Å². The van der Waals surface area contributed by atoms with Crippen molar-refractivity contribution < 1.29 is 4.74 Å². The molecule has 0 unspecified atom stereocenters. The fourth-order valence-electron chi connectivity index (χ4n) is 6.60. The molecule has 0 bridgehead atoms. The number of para-hydroxylation sites is 2. The number of methoxy groups -OCH3 is 1. The van der Waals surface area contributed by atoms with E-state index in [1.807, 2.05) is 12.1 Å². The van der Waals surface area contributed by atoms with Crippen molar-refractivity contribution in [2.24, 2.45) is 0 Å². The van der Waals surface area contributed by atoms with Crippen molar-refractivity contribution in [3.63, 3.8) is 0 Å². The van der Waals surface area contributed by atoms with Crippen LogP contribution in [-0.4, -0.2) is 7.11 Å². The summed E-state index contributed by atoms with van der Waals surface area (Å²) in [5.74, 6) is 0.873. The predicted molar refractivity (Wildman–Crippen MR) is 168 cm³/mol. The van der Waals surface area contributed by atoms with E-state index >= 15 is 0 Å². The first-order chi connectivity index (χ1) is 19.3. The highest BCUT2D eigenvalue weighted by Crippen LogP contribution is 2.51. The molecule has 0 fully saturated rings. The quantitative estimate of drug-likeness (QED) is 0.228. The molecule has 2 aliphatic rings. The third-order valence-electron chi connectivity index (χ3n) is 8.73. The van der Waals surface area contributed by atoms with Crippen LogP contribution >= 0.6 is 0 Å². The van der Waals surface area contributed by atoms with E-state index < -0.39 is 0 Å². The maximum atomic E-state index is 5.31. The molecule has 0 amide bonds. The Hall–Kier alpha value is -4.30. The third-order valence-corrected chi connectivity index (χ3v) is 8.73. The molecule has 200 valence electrons. The number of benzene rings is 5. The largest absolute Gasteiger partial charge is 0.497 e. The van der Waals surface area contributed by atoms with Gasteiger partial charge in [0, 0.05) is 16.5 Å². The number of nitrogens with zero attached hydrogens (tertiary/aromatic N) is 1. The van der Waals surface area contributed by atoms with Crippen molar-refractivity contribution in [2.75, 3.05) is 12.0 Å². The van der Waals surface area contributed by atoms with Crippen LogP contribution in [0, 0.1) is 0 Å². The fourth-order valence-corrected chi connectivity index (χ4v) is 6.60. The van der Waals surface area contributed by atoms with Gasteiger partial charge in [0.15, 0.2) is 0 Å². The minimum atomic E-state index is -0.0177. The Bertz CT molecular complexity index is 1560. The van der Waals surface area contributed by atoms with Gasteiger partial charge in [0.25, 0.3) is 0 Å². The molecule has 0 atom stereocenters. The Morgan fingerprint density at radius 3 is 1.38 bits per heavy atom. The molecule has 5 aromatic rings. The van der Waals surface area contributed by atoms with Crippen LogP contribution in [0.2, 0.25) is 0 Å². The van der Waals surface area contributed by atoms with Crippen molar-refractivity contribution >= 4 is 17.1 Å². The Morgan fingerprint density at radius 1 is 0.500 bits per heavy atom. The van der Waals surface area contributed by atoms with Gasteiger partial charge in [-0.25, -0.2) is 0 Å². The van der Waals surface area contributed by atoms with Crippen molar-refractivity contribution in [3.05, 3.63) is 155 Å². The van der Waals surface area contributed by atoms with Crippen molar-refractivity contribution in [1.29, 1.82) is 0 Å². The van der Waals surface area contributed by atoms with Gasteiger partial charge in [-0.1, -0.05) is 113 Å². The Morgan fingerprint density at radius 2 is 0.900 bits per heavy atom. The smallest absolute Gasteiger partial charge is 0.119 e. The summed E-state index contributed by atoms with van der Waals surface area (Å²) in [4.78, 5) is 2.34. The molecule has 1 heterocycles. The van der Waals surface area contributed by atoms with Gasteiger partial charge in [-0.05, 0) is 76.2 Å². The van der Waals surface area contributed by atoms with Crippen LogP contribution in [0.5, 0.6) is 5.75 Å². The molecule has 1 aliphatic carbocycles. The van der Waals surface area contributed by atoms with Crippen molar-refractivity contribution in [1.82, 2.24) is 0 Å². The normalized spacial score (nSPS) is 15.4. The number of anilines is 3. The highest BCUT2D eigenvalue weighted by molar-refractivity contribution is 5.85. The van der Waals surface area contributed by atoms with E-state index in [0.717, 1.165) is 17.9 Å². The van der Waals surface area contributed by atoms with Crippen LogP contribution in [0.25, 0.3) is 0 Å². The van der Waals surface area contributed by atoms with Gasteiger partial charge in [0.1, 0.15) is 5.75 Å². The summed E-state index contributed by atoms with van der Waals surface area (Å²) in [5, 5.41) is 0. The number of rotatable bonds is 2. The molecule has 1 aliphatic heterocycles. The maximum Gasteiger partial charge on any atom is 0.119 e. The minimum Gasteiger partial charge on any atom is -0.497 e. The summed E-state index contributed by atoms with van der Waals surface area (Å²) < 4.78 is 5.31. The topological polar surface area (TPSA) is 12.5 Å². The van der Waals surface area contributed by atoms with Crippen LogP contribution in [0.15, 0.2) is 121 Å². The van der Waals surface area contributed by atoms with Crippen molar-refractivity contribution in [2.45, 2.75) is 44.9 Å². The molecule has 0 aromatic heterocycles. The Labute approximate surface area is 238 Å². The minimum absolute atomic E-state index is 0.0177. The van der Waals surface area contributed by atoms with E-state index in [0.29, 0.717) is 0 Å². The Balaban J connectivity index is 0.000000157. The average molecular weight is 524 g/mol. The molecule has 2 nitrogen and oxygen atoms in total. The molecule has 0 spiro atoms. The highest BCUT2D eigenvalue weighted by atomic mass is 16.5. The summed E-state index contributed by atoms with van der Waals surface area (Å²) in [6.45, 7) is 9.25. The van der Waals surface area contributed by atoms with Gasteiger partial charge in [-0.3, -0.25) is 0 Å². The molecule has 0 N–H and O–H groups in total. The standard InChI is InChI=1S/C22H21NO.C16H16/c1-22(2)18-8-4-6-10-20(18)23(21-11-7-5-9-19(21)22)16-12-14-17(24-3)15-13-16;1-16(2)14-9-5-3-7-12(14)11-13-8-4-6-10-15(13)16/h4-15H,1-3H3;3-10H,11H2,1-2H3. The molecule has 2 heteroatoms. The number of hydrogen-bond donors (Lipinski definition) is 0. The van der Waals surface area contributed by atoms with Gasteiger partial charge in [0.2, 0.25) is 0 Å². The molecule has 7 rings (SSSR count). The second-order valence-electron chi connectivity index (χ2n) is 11.8. The summed E-state index contributed by atoms with van der Waals surface area (Å²) in [5.41, 5.74) is 12.4. The van der Waals surface area contributed by atoms with Gasteiger partial charge in [-0.15, -0.1) is 0 Å². The lowest BCUT2D eigenvalue weighted by molar-refractivity contribution is 0.415. The molecule has 0 radical (unpaired) electrons. The summed E-state index contributed by atoms with van der Waals surface area (Å²) in [6, 6.07) is 43.2. The summed E-state index contributed by atoms with van der Waals surface area (Å²) in [6.07, 6.45) is 1.08. The van der Waals surface area contributed by atoms with E-state index in [9.17, 15) is 0 Å². The molecular formula is C38H37NO. The predicted octanol–water partition coefficient (Wildman–Crippen LogP) is 9.72. The summed E-state index contributed by atoms with van der Waals surface area (Å²) in [7, 11) is 1.70. The first-order valence-electron chi connectivity index (χ1n) is 14.1. The maximum absolute atomic E-state index is 5.31. The van der Waals surface area contributed by atoms with Crippen LogP contribution in [-0.2, 0) is 17.3 Å². The first kappa shape index (κ1) is 26.0. The van der Waals surface area contributed by atoms with Gasteiger partial charge >= 0.3 is 0 Å². The van der Waals surface area contributed by atoms with Gasteiger partial charge in [-0.2, -0.15) is 0 Å².